The molecule has 0 saturated carbocycles. The molecule has 1 N–H and O–H groups in total. The van der Waals surface area contributed by atoms with Crippen LogP contribution in [0.1, 0.15) is 40.1 Å². The van der Waals surface area contributed by atoms with Crippen molar-refractivity contribution in [2.45, 2.75) is 20.0 Å². The normalized spacial score (nSPS) is 11.3. The number of alkyl halides is 3. The smallest absolute Gasteiger partial charge is 0.416 e. The molecule has 1 heterocycles. The van der Waals surface area contributed by atoms with Gasteiger partial charge < -0.3 is 9.72 Å². The highest BCUT2D eigenvalue weighted by Crippen LogP contribution is 2.37. The fourth-order valence-corrected chi connectivity index (χ4v) is 3.02. The van der Waals surface area contributed by atoms with E-state index in [4.69, 9.17) is 4.74 Å². The lowest BCUT2D eigenvalue weighted by Gasteiger charge is -2.10. The Morgan fingerprint density at radius 3 is 2.07 bits per heavy atom. The first-order chi connectivity index (χ1) is 13.7. The number of esters is 1. The highest BCUT2D eigenvalue weighted by molar-refractivity contribution is 6.02. The summed E-state index contributed by atoms with van der Waals surface area (Å²) in [5.41, 5.74) is 2.12. The van der Waals surface area contributed by atoms with Gasteiger partial charge in [0.25, 0.3) is 0 Å². The van der Waals surface area contributed by atoms with Crippen LogP contribution in [0.3, 0.4) is 0 Å². The Morgan fingerprint density at radius 1 is 0.966 bits per heavy atom. The number of aromatic amines is 1. The summed E-state index contributed by atoms with van der Waals surface area (Å²) in [5.74, 6) is -0.647. The zero-order valence-electron chi connectivity index (χ0n) is 15.8. The van der Waals surface area contributed by atoms with Crippen LogP contribution in [0, 0.1) is 0 Å². The topological polar surface area (TPSA) is 59.2 Å². The van der Waals surface area contributed by atoms with Gasteiger partial charge in [0.2, 0.25) is 0 Å². The monoisotopic (exact) mass is 401 g/mol. The van der Waals surface area contributed by atoms with Gasteiger partial charge in [-0.25, -0.2) is 4.79 Å². The molecule has 3 rings (SSSR count). The van der Waals surface area contributed by atoms with Crippen LogP contribution in [0.4, 0.5) is 13.2 Å². The third-order valence-corrected chi connectivity index (χ3v) is 4.46. The molecule has 0 bridgehead atoms. The standard InChI is InChI=1S/C22H18F3NO3/c1-3-29-21(28)18-12-26-20(16-8-10-17(11-9-16)22(23,24)25)19(18)15-6-4-14(5-7-15)13(2)27/h4-12,26H,3H2,1-2H3. The van der Waals surface area contributed by atoms with Gasteiger partial charge in [0, 0.05) is 17.3 Å². The van der Waals surface area contributed by atoms with Crippen LogP contribution >= 0.6 is 0 Å². The van der Waals surface area contributed by atoms with Gasteiger partial charge in [0.1, 0.15) is 0 Å². The molecule has 0 spiro atoms. The van der Waals surface area contributed by atoms with Crippen molar-refractivity contribution >= 4 is 11.8 Å². The average molecular weight is 401 g/mol. The second kappa shape index (κ2) is 7.95. The molecule has 0 aliphatic heterocycles. The molecule has 0 aliphatic rings. The van der Waals surface area contributed by atoms with E-state index in [0.717, 1.165) is 12.1 Å². The van der Waals surface area contributed by atoms with Gasteiger partial charge in [0.05, 0.1) is 23.4 Å². The largest absolute Gasteiger partial charge is 0.462 e. The van der Waals surface area contributed by atoms with Crippen molar-refractivity contribution in [3.8, 4) is 22.4 Å². The first-order valence-electron chi connectivity index (χ1n) is 8.90. The lowest BCUT2D eigenvalue weighted by atomic mass is 9.96. The van der Waals surface area contributed by atoms with Crippen LogP contribution in [0.2, 0.25) is 0 Å². The molecule has 1 aromatic heterocycles. The van der Waals surface area contributed by atoms with Crippen molar-refractivity contribution in [2.24, 2.45) is 0 Å². The van der Waals surface area contributed by atoms with Gasteiger partial charge in [-0.15, -0.1) is 0 Å². The van der Waals surface area contributed by atoms with Crippen LogP contribution < -0.4 is 0 Å². The van der Waals surface area contributed by atoms with Crippen LogP contribution in [-0.2, 0) is 10.9 Å². The zero-order valence-corrected chi connectivity index (χ0v) is 15.8. The van der Waals surface area contributed by atoms with Crippen molar-refractivity contribution in [1.82, 2.24) is 4.98 Å². The van der Waals surface area contributed by atoms with E-state index in [2.05, 4.69) is 4.98 Å². The first kappa shape index (κ1) is 20.4. The minimum Gasteiger partial charge on any atom is -0.462 e. The molecule has 0 aliphatic carbocycles. The zero-order chi connectivity index (χ0) is 21.2. The number of Topliss-reactive ketones (excluding diaryl/α,β-unsaturated/α-hetero) is 1. The number of aromatic nitrogens is 1. The molecule has 0 fully saturated rings. The molecule has 150 valence electrons. The lowest BCUT2D eigenvalue weighted by Crippen LogP contribution is -2.05. The third kappa shape index (κ3) is 4.23. The summed E-state index contributed by atoms with van der Waals surface area (Å²) >= 11 is 0. The maximum absolute atomic E-state index is 12.9. The number of rotatable bonds is 5. The number of halogens is 3. The van der Waals surface area contributed by atoms with E-state index in [-0.39, 0.29) is 18.0 Å². The van der Waals surface area contributed by atoms with E-state index in [0.29, 0.717) is 27.9 Å². The summed E-state index contributed by atoms with van der Waals surface area (Å²) in [7, 11) is 0. The first-order valence-corrected chi connectivity index (χ1v) is 8.90. The SMILES string of the molecule is CCOC(=O)c1c[nH]c(-c2ccc(C(F)(F)F)cc2)c1-c1ccc(C(C)=O)cc1. The minimum absolute atomic E-state index is 0.0980. The summed E-state index contributed by atoms with van der Waals surface area (Å²) in [6.45, 7) is 3.31. The minimum atomic E-state index is -4.43. The summed E-state index contributed by atoms with van der Waals surface area (Å²) in [4.78, 5) is 26.9. The molecule has 0 unspecified atom stereocenters. The van der Waals surface area contributed by atoms with Crippen LogP contribution in [0.15, 0.2) is 54.7 Å². The van der Waals surface area contributed by atoms with Gasteiger partial charge in [-0.3, -0.25) is 4.79 Å². The molecular formula is C22H18F3NO3. The van der Waals surface area contributed by atoms with Gasteiger partial charge in [0.15, 0.2) is 5.78 Å². The van der Waals surface area contributed by atoms with Crippen molar-refractivity contribution in [1.29, 1.82) is 0 Å². The quantitative estimate of drug-likeness (QED) is 0.438. The number of benzene rings is 2. The molecule has 0 atom stereocenters. The summed E-state index contributed by atoms with van der Waals surface area (Å²) in [5, 5.41) is 0. The maximum Gasteiger partial charge on any atom is 0.416 e. The van der Waals surface area contributed by atoms with E-state index < -0.39 is 17.7 Å². The van der Waals surface area contributed by atoms with Crippen LogP contribution in [0.25, 0.3) is 22.4 Å². The van der Waals surface area contributed by atoms with E-state index >= 15 is 0 Å². The number of carbonyl (C=O) groups excluding carboxylic acids is 2. The summed E-state index contributed by atoms with van der Waals surface area (Å²) < 4.78 is 43.7. The molecule has 0 amide bonds. The Bertz CT molecular complexity index is 1030. The Morgan fingerprint density at radius 2 is 1.55 bits per heavy atom. The van der Waals surface area contributed by atoms with Gasteiger partial charge in [-0.2, -0.15) is 13.2 Å². The molecular weight excluding hydrogens is 383 g/mol. The van der Waals surface area contributed by atoms with Crippen molar-refractivity contribution in [2.75, 3.05) is 6.61 Å². The Hall–Kier alpha value is -3.35. The molecule has 3 aromatic rings. The van der Waals surface area contributed by atoms with Gasteiger partial charge in [-0.1, -0.05) is 36.4 Å². The number of ether oxygens (including phenoxy) is 1. The molecule has 29 heavy (non-hydrogen) atoms. The molecule has 7 heteroatoms. The third-order valence-electron chi connectivity index (χ3n) is 4.46. The van der Waals surface area contributed by atoms with E-state index in [9.17, 15) is 22.8 Å². The predicted octanol–water partition coefficient (Wildman–Crippen LogP) is 5.75. The second-order valence-corrected chi connectivity index (χ2v) is 6.38. The Labute approximate surface area is 165 Å². The average Bonchev–Trinajstić information content (AvgIpc) is 3.13. The number of hydrogen-bond donors (Lipinski definition) is 1. The van der Waals surface area contributed by atoms with Crippen molar-refractivity contribution in [3.05, 3.63) is 71.4 Å². The number of H-pyrrole nitrogens is 1. The predicted molar refractivity (Wildman–Crippen MR) is 103 cm³/mol. The fourth-order valence-electron chi connectivity index (χ4n) is 3.02. The fraction of sp³-hybridized carbons (Fsp3) is 0.182. The van der Waals surface area contributed by atoms with Gasteiger partial charge >= 0.3 is 12.1 Å². The van der Waals surface area contributed by atoms with Crippen LogP contribution in [-0.4, -0.2) is 23.3 Å². The van der Waals surface area contributed by atoms with Gasteiger partial charge in [-0.05, 0) is 37.1 Å². The number of ketones is 1. The number of carbonyl (C=O) groups is 2. The molecule has 0 saturated heterocycles. The summed E-state index contributed by atoms with van der Waals surface area (Å²) in [6.07, 6.45) is -2.96. The van der Waals surface area contributed by atoms with Crippen molar-refractivity contribution in [3.63, 3.8) is 0 Å². The Kier molecular flexibility index (Phi) is 5.59. The molecule has 2 aromatic carbocycles. The number of nitrogens with one attached hydrogen (secondary N) is 1. The van der Waals surface area contributed by atoms with Crippen LogP contribution in [0.5, 0.6) is 0 Å². The molecule has 0 radical (unpaired) electrons. The second-order valence-electron chi connectivity index (χ2n) is 6.38. The summed E-state index contributed by atoms with van der Waals surface area (Å²) in [6, 6.07) is 11.3. The highest BCUT2D eigenvalue weighted by atomic mass is 19.4. The Balaban J connectivity index is 2.12. The number of hydrogen-bond acceptors (Lipinski definition) is 3. The highest BCUT2D eigenvalue weighted by Gasteiger charge is 2.30. The van der Waals surface area contributed by atoms with E-state index in [1.165, 1.54) is 25.3 Å². The van der Waals surface area contributed by atoms with Crippen molar-refractivity contribution < 1.29 is 27.5 Å². The molecule has 4 nitrogen and oxygen atoms in total. The lowest BCUT2D eigenvalue weighted by molar-refractivity contribution is -0.137. The maximum atomic E-state index is 12.9. The van der Waals surface area contributed by atoms with E-state index in [1.54, 1.807) is 31.2 Å². The van der Waals surface area contributed by atoms with E-state index in [1.807, 2.05) is 0 Å².